The van der Waals surface area contributed by atoms with Gasteiger partial charge in [-0.1, -0.05) is 17.7 Å². The average molecular weight is 356 g/mol. The number of aryl methyl sites for hydroxylation is 1. The lowest BCUT2D eigenvalue weighted by molar-refractivity contribution is 0.252. The molecule has 0 radical (unpaired) electrons. The van der Waals surface area contributed by atoms with Gasteiger partial charge in [0.15, 0.2) is 0 Å². The van der Waals surface area contributed by atoms with Crippen LogP contribution in [0.25, 0.3) is 10.9 Å². The molecular weight excluding hydrogens is 338 g/mol. The van der Waals surface area contributed by atoms with E-state index >= 15 is 0 Å². The number of urea groups is 1. The number of halogens is 1. The largest absolute Gasteiger partial charge is 0.338 e. The summed E-state index contributed by atoms with van der Waals surface area (Å²) in [7, 11) is 0. The van der Waals surface area contributed by atoms with Crippen LogP contribution in [0, 0.1) is 6.92 Å². The Kier molecular flexibility index (Phi) is 5.05. The van der Waals surface area contributed by atoms with Gasteiger partial charge in [0.05, 0.1) is 0 Å². The van der Waals surface area contributed by atoms with Gasteiger partial charge in [0, 0.05) is 28.3 Å². The van der Waals surface area contributed by atoms with Crippen molar-refractivity contribution >= 4 is 34.2 Å². The highest BCUT2D eigenvalue weighted by Gasteiger charge is 2.03. The van der Waals surface area contributed by atoms with Crippen LogP contribution in [0.4, 0.5) is 10.5 Å². The molecule has 3 rings (SSSR count). The Bertz CT molecular complexity index is 965. The van der Waals surface area contributed by atoms with E-state index in [9.17, 15) is 9.59 Å². The lowest BCUT2D eigenvalue weighted by Gasteiger charge is -2.08. The van der Waals surface area contributed by atoms with Crippen LogP contribution in [-0.2, 0) is 6.42 Å². The van der Waals surface area contributed by atoms with Crippen LogP contribution in [0.15, 0.2) is 53.3 Å². The molecule has 6 heteroatoms. The first-order chi connectivity index (χ1) is 12.0. The number of anilines is 1. The van der Waals surface area contributed by atoms with E-state index in [-0.39, 0.29) is 11.6 Å². The SMILES string of the molecule is Cc1cc2cc(CCNC(=O)Nc3ccc(Cl)cc3)ccc2[nH]c1=O. The van der Waals surface area contributed by atoms with Crippen molar-refractivity contribution in [2.24, 2.45) is 0 Å². The zero-order valence-corrected chi connectivity index (χ0v) is 14.5. The molecule has 1 heterocycles. The topological polar surface area (TPSA) is 74.0 Å². The van der Waals surface area contributed by atoms with E-state index in [4.69, 9.17) is 11.6 Å². The van der Waals surface area contributed by atoms with E-state index in [1.807, 2.05) is 24.3 Å². The van der Waals surface area contributed by atoms with E-state index in [1.54, 1.807) is 31.2 Å². The summed E-state index contributed by atoms with van der Waals surface area (Å²) in [5.41, 5.74) is 3.21. The van der Waals surface area contributed by atoms with Crippen molar-refractivity contribution in [2.45, 2.75) is 13.3 Å². The van der Waals surface area contributed by atoms with E-state index in [0.29, 0.717) is 29.2 Å². The number of fused-ring (bicyclic) bond motifs is 1. The molecule has 0 saturated heterocycles. The smallest absolute Gasteiger partial charge is 0.319 e. The lowest BCUT2D eigenvalue weighted by Crippen LogP contribution is -2.30. The predicted octanol–water partition coefficient (Wildman–Crippen LogP) is 3.85. The van der Waals surface area contributed by atoms with Gasteiger partial charge in [-0.15, -0.1) is 0 Å². The minimum atomic E-state index is -0.261. The Labute approximate surface area is 150 Å². The molecule has 3 N–H and O–H groups in total. The number of carbonyl (C=O) groups excluding carboxylic acids is 1. The fraction of sp³-hybridized carbons (Fsp3) is 0.158. The highest BCUT2D eigenvalue weighted by molar-refractivity contribution is 6.30. The second-order valence-electron chi connectivity index (χ2n) is 5.84. The number of aromatic nitrogens is 1. The zero-order chi connectivity index (χ0) is 17.8. The molecular formula is C19H18ClN3O2. The molecule has 0 aliphatic carbocycles. The Hall–Kier alpha value is -2.79. The van der Waals surface area contributed by atoms with Crippen molar-refractivity contribution in [1.82, 2.24) is 10.3 Å². The average Bonchev–Trinajstić information content (AvgIpc) is 2.58. The minimum absolute atomic E-state index is 0.0687. The Morgan fingerprint density at radius 2 is 1.88 bits per heavy atom. The van der Waals surface area contributed by atoms with Crippen LogP contribution < -0.4 is 16.2 Å². The number of aromatic amines is 1. The number of rotatable bonds is 4. The van der Waals surface area contributed by atoms with Gasteiger partial charge in [0.2, 0.25) is 0 Å². The number of carbonyl (C=O) groups is 1. The molecule has 0 aliphatic heterocycles. The number of pyridine rings is 1. The van der Waals surface area contributed by atoms with Crippen molar-refractivity contribution < 1.29 is 4.79 Å². The van der Waals surface area contributed by atoms with E-state index in [2.05, 4.69) is 15.6 Å². The van der Waals surface area contributed by atoms with Crippen LogP contribution in [0.1, 0.15) is 11.1 Å². The van der Waals surface area contributed by atoms with Gasteiger partial charge in [0.1, 0.15) is 0 Å². The third kappa shape index (κ3) is 4.39. The Morgan fingerprint density at radius 3 is 2.64 bits per heavy atom. The van der Waals surface area contributed by atoms with Crippen LogP contribution in [0.5, 0.6) is 0 Å². The van der Waals surface area contributed by atoms with Gasteiger partial charge >= 0.3 is 6.03 Å². The highest BCUT2D eigenvalue weighted by Crippen LogP contribution is 2.14. The maximum absolute atomic E-state index is 11.9. The van der Waals surface area contributed by atoms with Crippen LogP contribution in [0.3, 0.4) is 0 Å². The fourth-order valence-electron chi connectivity index (χ4n) is 2.55. The first-order valence-electron chi connectivity index (χ1n) is 7.94. The standard InChI is InChI=1S/C19H18ClN3O2/c1-12-10-14-11-13(2-7-17(14)23-18(12)24)8-9-21-19(25)22-16-5-3-15(20)4-6-16/h2-7,10-11H,8-9H2,1H3,(H,23,24)(H2,21,22,25). The molecule has 0 saturated carbocycles. The van der Waals surface area contributed by atoms with E-state index < -0.39 is 0 Å². The summed E-state index contributed by atoms with van der Waals surface area (Å²) in [6.45, 7) is 2.29. The summed E-state index contributed by atoms with van der Waals surface area (Å²) in [6.07, 6.45) is 0.697. The number of nitrogens with one attached hydrogen (secondary N) is 3. The molecule has 5 nitrogen and oxygen atoms in total. The van der Waals surface area contributed by atoms with Crippen molar-refractivity contribution in [3.8, 4) is 0 Å². The Balaban J connectivity index is 1.57. The fourth-order valence-corrected chi connectivity index (χ4v) is 2.68. The van der Waals surface area contributed by atoms with Crippen LogP contribution in [0.2, 0.25) is 5.02 Å². The maximum atomic E-state index is 11.9. The van der Waals surface area contributed by atoms with Gasteiger partial charge in [-0.25, -0.2) is 4.79 Å². The second-order valence-corrected chi connectivity index (χ2v) is 6.28. The summed E-state index contributed by atoms with van der Waals surface area (Å²) in [6, 6.07) is 14.4. The van der Waals surface area contributed by atoms with E-state index in [0.717, 1.165) is 16.5 Å². The third-order valence-electron chi connectivity index (χ3n) is 3.90. The van der Waals surface area contributed by atoms with Gasteiger partial charge in [-0.3, -0.25) is 4.79 Å². The lowest BCUT2D eigenvalue weighted by atomic mass is 10.1. The van der Waals surface area contributed by atoms with Crippen molar-refractivity contribution in [3.63, 3.8) is 0 Å². The van der Waals surface area contributed by atoms with Gasteiger partial charge in [-0.2, -0.15) is 0 Å². The molecule has 25 heavy (non-hydrogen) atoms. The van der Waals surface area contributed by atoms with Gasteiger partial charge < -0.3 is 15.6 Å². The second kappa shape index (κ2) is 7.40. The van der Waals surface area contributed by atoms with Gasteiger partial charge in [0.25, 0.3) is 5.56 Å². The molecule has 1 aromatic heterocycles. The number of amides is 2. The third-order valence-corrected chi connectivity index (χ3v) is 4.15. The van der Waals surface area contributed by atoms with Crippen LogP contribution >= 0.6 is 11.6 Å². The number of hydrogen-bond acceptors (Lipinski definition) is 2. The summed E-state index contributed by atoms with van der Waals surface area (Å²) < 4.78 is 0. The van der Waals surface area contributed by atoms with Crippen molar-refractivity contribution in [1.29, 1.82) is 0 Å². The van der Waals surface area contributed by atoms with E-state index in [1.165, 1.54) is 0 Å². The highest BCUT2D eigenvalue weighted by atomic mass is 35.5. The molecule has 0 aliphatic rings. The quantitative estimate of drug-likeness (QED) is 0.665. The first kappa shape index (κ1) is 17.0. The summed E-state index contributed by atoms with van der Waals surface area (Å²) in [4.78, 5) is 26.3. The molecule has 128 valence electrons. The Morgan fingerprint density at radius 1 is 1.12 bits per heavy atom. The van der Waals surface area contributed by atoms with Crippen molar-refractivity contribution in [3.05, 3.63) is 75.0 Å². The zero-order valence-electron chi connectivity index (χ0n) is 13.7. The molecule has 2 amide bonds. The number of H-pyrrole nitrogens is 1. The minimum Gasteiger partial charge on any atom is -0.338 e. The van der Waals surface area contributed by atoms with Gasteiger partial charge in [-0.05, 0) is 66.8 Å². The molecule has 0 spiro atoms. The molecule has 3 aromatic rings. The predicted molar refractivity (Wildman–Crippen MR) is 101 cm³/mol. The summed E-state index contributed by atoms with van der Waals surface area (Å²) in [5.74, 6) is 0. The summed E-state index contributed by atoms with van der Waals surface area (Å²) >= 11 is 5.81. The first-order valence-corrected chi connectivity index (χ1v) is 8.32. The molecule has 0 fully saturated rings. The number of benzene rings is 2. The van der Waals surface area contributed by atoms with Crippen molar-refractivity contribution in [2.75, 3.05) is 11.9 Å². The summed E-state index contributed by atoms with van der Waals surface area (Å²) in [5, 5.41) is 7.18. The maximum Gasteiger partial charge on any atom is 0.319 e. The molecule has 0 unspecified atom stereocenters. The van der Waals surface area contributed by atoms with Crippen LogP contribution in [-0.4, -0.2) is 17.6 Å². The monoisotopic (exact) mass is 355 g/mol. The molecule has 2 aromatic carbocycles. The normalized spacial score (nSPS) is 10.6. The molecule has 0 bridgehead atoms. The number of hydrogen-bond donors (Lipinski definition) is 3. The molecule has 0 atom stereocenters.